The summed E-state index contributed by atoms with van der Waals surface area (Å²) in [6, 6.07) is 14.5. The van der Waals surface area contributed by atoms with E-state index in [0.29, 0.717) is 40.9 Å². The van der Waals surface area contributed by atoms with Crippen LogP contribution in [0.4, 0.5) is 8.78 Å². The lowest BCUT2D eigenvalue weighted by molar-refractivity contribution is -0.149. The first kappa shape index (κ1) is 29.9. The molecule has 3 aromatic rings. The number of hydrogen-bond donors (Lipinski definition) is 2. The standard InChI is InChI=1S/C29H29BrClF2N3O4S/c30-20-5-3-19(4-6-20)29(32,33)27(28(37)36-23-9-10-24(36)16-22(34)15-23)35-41(38,39)26-13-11-25(12-14-26)40-17-18-1-7-21(31)8-2-18/h1-8,11-14,22-24,27,35H,9-10,15-17,34H2. The molecule has 2 bridgehead atoms. The maximum absolute atomic E-state index is 16.1. The Balaban J connectivity index is 1.39. The van der Waals surface area contributed by atoms with Crippen molar-refractivity contribution in [1.82, 2.24) is 9.62 Å². The number of rotatable bonds is 9. The highest BCUT2D eigenvalue weighted by Crippen LogP contribution is 2.40. The van der Waals surface area contributed by atoms with E-state index in [2.05, 4.69) is 20.7 Å². The van der Waals surface area contributed by atoms with E-state index in [1.807, 2.05) is 0 Å². The van der Waals surface area contributed by atoms with E-state index in [1.54, 1.807) is 24.3 Å². The normalized spacial score (nSPS) is 21.5. The summed E-state index contributed by atoms with van der Waals surface area (Å²) in [5.74, 6) is -4.41. The van der Waals surface area contributed by atoms with Crippen LogP contribution in [0.25, 0.3) is 0 Å². The molecule has 12 heteroatoms. The van der Waals surface area contributed by atoms with E-state index in [-0.39, 0.29) is 29.6 Å². The SMILES string of the molecule is NC1CC2CCC(C1)N2C(=O)C(NS(=O)(=O)c1ccc(OCc2ccc(Cl)cc2)cc1)C(F)(F)c1ccc(Br)cc1. The third-order valence-electron chi connectivity index (χ3n) is 7.59. The van der Waals surface area contributed by atoms with Crippen molar-refractivity contribution < 1.29 is 26.7 Å². The molecule has 3 aromatic carbocycles. The van der Waals surface area contributed by atoms with Gasteiger partial charge in [0.05, 0.1) is 4.90 Å². The van der Waals surface area contributed by atoms with Gasteiger partial charge in [-0.1, -0.05) is 51.8 Å². The van der Waals surface area contributed by atoms with Gasteiger partial charge in [-0.3, -0.25) is 4.79 Å². The van der Waals surface area contributed by atoms with Crippen LogP contribution in [0, 0.1) is 0 Å². The summed E-state index contributed by atoms with van der Waals surface area (Å²) in [6.45, 7) is 0.222. The number of carbonyl (C=O) groups excluding carboxylic acids is 1. The van der Waals surface area contributed by atoms with Gasteiger partial charge >= 0.3 is 0 Å². The predicted octanol–water partition coefficient (Wildman–Crippen LogP) is 5.60. The average Bonchev–Trinajstić information content (AvgIpc) is 3.22. The first-order valence-electron chi connectivity index (χ1n) is 13.2. The molecule has 3 N–H and O–H groups in total. The van der Waals surface area contributed by atoms with Crippen molar-refractivity contribution in [2.75, 3.05) is 0 Å². The van der Waals surface area contributed by atoms with E-state index in [4.69, 9.17) is 22.1 Å². The van der Waals surface area contributed by atoms with Gasteiger partial charge < -0.3 is 15.4 Å². The van der Waals surface area contributed by atoms with E-state index in [9.17, 15) is 13.2 Å². The second-order valence-electron chi connectivity index (χ2n) is 10.4. The van der Waals surface area contributed by atoms with Gasteiger partial charge in [0, 0.05) is 33.2 Å². The minimum atomic E-state index is -4.54. The average molecular weight is 669 g/mol. The number of ether oxygens (including phenoxy) is 1. The number of piperidine rings is 1. The van der Waals surface area contributed by atoms with Crippen LogP contribution in [0.5, 0.6) is 5.75 Å². The third kappa shape index (κ3) is 6.59. The quantitative estimate of drug-likeness (QED) is 0.309. The first-order valence-corrected chi connectivity index (χ1v) is 15.8. The Morgan fingerprint density at radius 1 is 1.02 bits per heavy atom. The number of nitrogens with one attached hydrogen (secondary N) is 1. The van der Waals surface area contributed by atoms with Gasteiger partial charge in [0.2, 0.25) is 15.9 Å². The van der Waals surface area contributed by atoms with Crippen molar-refractivity contribution >= 4 is 43.5 Å². The lowest BCUT2D eigenvalue weighted by Gasteiger charge is -2.41. The predicted molar refractivity (Wildman–Crippen MR) is 155 cm³/mol. The van der Waals surface area contributed by atoms with Crippen molar-refractivity contribution in [2.24, 2.45) is 5.73 Å². The van der Waals surface area contributed by atoms with Crippen LogP contribution in [0.15, 0.2) is 82.2 Å². The number of nitrogens with two attached hydrogens (primary N) is 1. The van der Waals surface area contributed by atoms with Crippen molar-refractivity contribution in [3.05, 3.63) is 93.4 Å². The van der Waals surface area contributed by atoms with Gasteiger partial charge in [0.15, 0.2) is 6.04 Å². The number of nitrogens with zero attached hydrogens (tertiary/aromatic N) is 1. The summed E-state index contributed by atoms with van der Waals surface area (Å²) in [4.78, 5) is 15.0. The molecule has 41 heavy (non-hydrogen) atoms. The molecule has 3 unspecified atom stereocenters. The summed E-state index contributed by atoms with van der Waals surface area (Å²) in [6.07, 6.45) is 2.27. The fourth-order valence-electron chi connectivity index (χ4n) is 5.53. The lowest BCUT2D eigenvalue weighted by atomic mass is 9.95. The third-order valence-corrected chi connectivity index (χ3v) is 9.81. The zero-order valence-electron chi connectivity index (χ0n) is 21.9. The summed E-state index contributed by atoms with van der Waals surface area (Å²) in [5, 5.41) is 0.592. The van der Waals surface area contributed by atoms with Crippen molar-refractivity contribution in [2.45, 2.75) is 67.3 Å². The van der Waals surface area contributed by atoms with Gasteiger partial charge in [-0.2, -0.15) is 13.5 Å². The monoisotopic (exact) mass is 667 g/mol. The Morgan fingerprint density at radius 2 is 1.61 bits per heavy atom. The molecule has 3 atom stereocenters. The molecular weight excluding hydrogens is 640 g/mol. The molecule has 218 valence electrons. The highest BCUT2D eigenvalue weighted by Gasteiger charge is 2.53. The molecule has 1 amide bonds. The smallest absolute Gasteiger partial charge is 0.298 e. The molecule has 0 spiro atoms. The van der Waals surface area contributed by atoms with Crippen molar-refractivity contribution in [3.8, 4) is 5.75 Å². The maximum atomic E-state index is 16.1. The Labute approximate surface area is 251 Å². The maximum Gasteiger partial charge on any atom is 0.298 e. The van der Waals surface area contributed by atoms with Gasteiger partial charge in [0.25, 0.3) is 5.92 Å². The van der Waals surface area contributed by atoms with E-state index < -0.39 is 33.5 Å². The number of carbonyl (C=O) groups is 1. The van der Waals surface area contributed by atoms with Crippen molar-refractivity contribution in [1.29, 1.82) is 0 Å². The zero-order valence-corrected chi connectivity index (χ0v) is 25.0. The van der Waals surface area contributed by atoms with Crippen LogP contribution in [0.1, 0.15) is 36.8 Å². The molecule has 2 heterocycles. The fraction of sp³-hybridized carbons (Fsp3) is 0.345. The summed E-state index contributed by atoms with van der Waals surface area (Å²) < 4.78 is 67.3. The van der Waals surface area contributed by atoms with E-state index in [0.717, 1.165) is 5.56 Å². The number of alkyl halides is 2. The first-order chi connectivity index (χ1) is 19.4. The minimum Gasteiger partial charge on any atom is -0.489 e. The molecule has 2 fully saturated rings. The number of halogens is 4. The molecule has 0 aliphatic carbocycles. The van der Waals surface area contributed by atoms with E-state index >= 15 is 8.78 Å². The van der Waals surface area contributed by atoms with Crippen LogP contribution in [-0.2, 0) is 27.3 Å². The number of amides is 1. The fourth-order valence-corrected chi connectivity index (χ4v) is 7.11. The molecular formula is C29H29BrClF2N3O4S. The number of benzene rings is 3. The Hall–Kier alpha value is -2.57. The molecule has 2 saturated heterocycles. The highest BCUT2D eigenvalue weighted by atomic mass is 79.9. The number of hydrogen-bond acceptors (Lipinski definition) is 5. The number of sulfonamides is 1. The van der Waals surface area contributed by atoms with Gasteiger partial charge in [0.1, 0.15) is 12.4 Å². The van der Waals surface area contributed by atoms with Crippen molar-refractivity contribution in [3.63, 3.8) is 0 Å². The van der Waals surface area contributed by atoms with Crippen LogP contribution >= 0.6 is 27.5 Å². The minimum absolute atomic E-state index is 0.126. The zero-order chi connectivity index (χ0) is 29.4. The summed E-state index contributed by atoms with van der Waals surface area (Å²) >= 11 is 9.12. The van der Waals surface area contributed by atoms with E-state index in [1.165, 1.54) is 53.4 Å². The molecule has 0 saturated carbocycles. The highest BCUT2D eigenvalue weighted by molar-refractivity contribution is 9.10. The second kappa shape index (κ2) is 12.0. The van der Waals surface area contributed by atoms with Gasteiger partial charge in [-0.25, -0.2) is 8.42 Å². The number of fused-ring (bicyclic) bond motifs is 2. The Kier molecular flexibility index (Phi) is 8.73. The Morgan fingerprint density at radius 3 is 2.20 bits per heavy atom. The second-order valence-corrected chi connectivity index (χ2v) is 13.5. The largest absolute Gasteiger partial charge is 0.489 e. The lowest BCUT2D eigenvalue weighted by Crippen LogP contribution is -2.60. The molecule has 2 aliphatic heterocycles. The van der Waals surface area contributed by atoms with Crippen LogP contribution in [0.2, 0.25) is 5.02 Å². The molecule has 7 nitrogen and oxygen atoms in total. The van der Waals surface area contributed by atoms with Gasteiger partial charge in [-0.15, -0.1) is 0 Å². The van der Waals surface area contributed by atoms with Crippen LogP contribution < -0.4 is 15.2 Å². The van der Waals surface area contributed by atoms with Crippen LogP contribution in [0.3, 0.4) is 0 Å². The Bertz CT molecular complexity index is 1480. The summed E-state index contributed by atoms with van der Waals surface area (Å²) in [5.41, 5.74) is 6.50. The van der Waals surface area contributed by atoms with Crippen LogP contribution in [-0.4, -0.2) is 43.4 Å². The molecule has 2 aliphatic rings. The molecule has 0 aromatic heterocycles. The molecule has 5 rings (SSSR count). The summed E-state index contributed by atoms with van der Waals surface area (Å²) in [7, 11) is -4.54. The molecule has 0 radical (unpaired) electrons. The topological polar surface area (TPSA) is 102 Å². The van der Waals surface area contributed by atoms with Gasteiger partial charge in [-0.05, 0) is 79.8 Å².